The highest BCUT2D eigenvalue weighted by atomic mass is 32.1. The van der Waals surface area contributed by atoms with Crippen LogP contribution in [0.1, 0.15) is 26.2 Å². The van der Waals surface area contributed by atoms with Crippen LogP contribution in [0.2, 0.25) is 0 Å². The van der Waals surface area contributed by atoms with E-state index in [1.165, 1.54) is 23.5 Å². The Kier molecular flexibility index (Phi) is 6.68. The van der Waals surface area contributed by atoms with Gasteiger partial charge in [0.25, 0.3) is 23.4 Å². The summed E-state index contributed by atoms with van der Waals surface area (Å²) in [6.07, 6.45) is 0.852. The van der Waals surface area contributed by atoms with Crippen molar-refractivity contribution in [3.8, 4) is 10.8 Å². The van der Waals surface area contributed by atoms with Crippen molar-refractivity contribution in [2.24, 2.45) is 0 Å². The lowest BCUT2D eigenvalue weighted by molar-refractivity contribution is -0.928. The summed E-state index contributed by atoms with van der Waals surface area (Å²) in [7, 11) is 0. The molecule has 0 bridgehead atoms. The second kappa shape index (κ2) is 9.39. The average molecular weight is 416 g/mol. The van der Waals surface area contributed by atoms with Crippen LogP contribution in [0, 0.1) is 10.1 Å². The zero-order valence-electron chi connectivity index (χ0n) is 16.1. The van der Waals surface area contributed by atoms with Gasteiger partial charge in [-0.1, -0.05) is 25.1 Å². The largest absolute Gasteiger partial charge is 0.414 e. The molecule has 1 unspecified atom stereocenters. The maximum Gasteiger partial charge on any atom is 0.292 e. The zero-order valence-corrected chi connectivity index (χ0v) is 16.9. The molecule has 152 valence electrons. The van der Waals surface area contributed by atoms with E-state index in [4.69, 9.17) is 4.42 Å². The van der Waals surface area contributed by atoms with Crippen molar-refractivity contribution in [1.82, 2.24) is 10.2 Å². The number of hydrogen-bond acceptors (Lipinski definition) is 7. The topological polar surface area (TPSA) is 116 Å². The summed E-state index contributed by atoms with van der Waals surface area (Å²) in [6.45, 7) is 4.91. The minimum atomic E-state index is -0.512. The molecule has 1 amide bonds. The molecule has 0 radical (unpaired) electrons. The number of carbonyl (C=O) groups excluding carboxylic acids is 1. The van der Waals surface area contributed by atoms with Gasteiger partial charge in [-0.25, -0.2) is 0 Å². The molecule has 0 aliphatic rings. The van der Waals surface area contributed by atoms with Gasteiger partial charge < -0.3 is 14.6 Å². The molecular formula is C19H22N5O4S+. The second-order valence-electron chi connectivity index (χ2n) is 6.55. The number of anilines is 1. The van der Waals surface area contributed by atoms with Crippen LogP contribution >= 0.6 is 11.3 Å². The Labute approximate surface area is 171 Å². The summed E-state index contributed by atoms with van der Waals surface area (Å²) in [5, 5.41) is 24.0. The third kappa shape index (κ3) is 5.04. The van der Waals surface area contributed by atoms with Gasteiger partial charge in [-0.15, -0.1) is 21.5 Å². The van der Waals surface area contributed by atoms with E-state index in [9.17, 15) is 14.9 Å². The molecule has 3 rings (SSSR count). The second-order valence-corrected chi connectivity index (χ2v) is 7.50. The predicted octanol–water partition coefficient (Wildman–Crippen LogP) is 2.53. The maximum absolute atomic E-state index is 12.8. The Balaban J connectivity index is 1.71. The van der Waals surface area contributed by atoms with Crippen molar-refractivity contribution < 1.29 is 19.0 Å². The number of nitro benzene ring substituents is 1. The van der Waals surface area contributed by atoms with Gasteiger partial charge in [0.2, 0.25) is 0 Å². The Hall–Kier alpha value is -3.11. The molecule has 2 atom stereocenters. The molecular weight excluding hydrogens is 394 g/mol. The van der Waals surface area contributed by atoms with E-state index >= 15 is 0 Å². The first-order valence-corrected chi connectivity index (χ1v) is 10.1. The summed E-state index contributed by atoms with van der Waals surface area (Å²) in [5.74, 6) is 0.603. The fraction of sp³-hybridized carbons (Fsp3) is 0.316. The van der Waals surface area contributed by atoms with E-state index in [0.717, 1.165) is 16.2 Å². The number of quaternary nitrogens is 1. The molecule has 1 aromatic carbocycles. The highest BCUT2D eigenvalue weighted by Gasteiger charge is 2.28. The van der Waals surface area contributed by atoms with Gasteiger partial charge in [0.05, 0.1) is 16.3 Å². The standard InChI is InChI=1S/C19H21N5O4S/c1-3-10-23(12-17-21-22-19(28-17)16-9-6-11-29-16)13(2)18(25)20-14-7-4-5-8-15(14)24(26)27/h4-9,11,13H,3,10,12H2,1-2H3,(H,20,25)/p+1/t13-/m1/s1. The van der Waals surface area contributed by atoms with Gasteiger partial charge in [-0.3, -0.25) is 14.9 Å². The quantitative estimate of drug-likeness (QED) is 0.409. The summed E-state index contributed by atoms with van der Waals surface area (Å²) >= 11 is 1.51. The van der Waals surface area contributed by atoms with Crippen LogP contribution in [-0.4, -0.2) is 33.6 Å². The van der Waals surface area contributed by atoms with Crippen LogP contribution in [0.5, 0.6) is 0 Å². The molecule has 10 heteroatoms. The lowest BCUT2D eigenvalue weighted by Crippen LogP contribution is -3.15. The van der Waals surface area contributed by atoms with Crippen LogP contribution in [-0.2, 0) is 11.3 Å². The van der Waals surface area contributed by atoms with Crippen LogP contribution in [0.15, 0.2) is 46.2 Å². The van der Waals surface area contributed by atoms with E-state index in [2.05, 4.69) is 15.5 Å². The van der Waals surface area contributed by atoms with E-state index in [1.54, 1.807) is 19.1 Å². The Morgan fingerprint density at radius 3 is 2.79 bits per heavy atom. The predicted molar refractivity (Wildman–Crippen MR) is 109 cm³/mol. The molecule has 0 saturated heterocycles. The number of amides is 1. The third-order valence-electron chi connectivity index (χ3n) is 4.51. The highest BCUT2D eigenvalue weighted by molar-refractivity contribution is 7.13. The molecule has 0 aliphatic carbocycles. The van der Waals surface area contributed by atoms with Crippen LogP contribution < -0.4 is 10.2 Å². The van der Waals surface area contributed by atoms with Gasteiger partial charge >= 0.3 is 0 Å². The van der Waals surface area contributed by atoms with E-state index in [0.29, 0.717) is 24.9 Å². The Morgan fingerprint density at radius 2 is 2.10 bits per heavy atom. The summed E-state index contributed by atoms with van der Waals surface area (Å²) in [4.78, 5) is 25.3. The smallest absolute Gasteiger partial charge is 0.292 e. The lowest BCUT2D eigenvalue weighted by atomic mass is 10.2. The van der Waals surface area contributed by atoms with Gasteiger partial charge in [-0.05, 0) is 30.9 Å². The van der Waals surface area contributed by atoms with Crippen molar-refractivity contribution in [3.05, 3.63) is 57.8 Å². The number of aromatic nitrogens is 2. The summed E-state index contributed by atoms with van der Waals surface area (Å²) in [5.41, 5.74) is 0.0468. The minimum absolute atomic E-state index is 0.136. The van der Waals surface area contributed by atoms with Crippen molar-refractivity contribution in [1.29, 1.82) is 0 Å². The van der Waals surface area contributed by atoms with E-state index in [-0.39, 0.29) is 17.3 Å². The van der Waals surface area contributed by atoms with Crippen molar-refractivity contribution in [3.63, 3.8) is 0 Å². The molecule has 2 aromatic heterocycles. The van der Waals surface area contributed by atoms with Gasteiger partial charge in [0.15, 0.2) is 12.6 Å². The maximum atomic E-state index is 12.8. The Bertz CT molecular complexity index is 973. The number of benzene rings is 1. The number of nitrogens with one attached hydrogen (secondary N) is 2. The summed E-state index contributed by atoms with van der Waals surface area (Å²) < 4.78 is 5.75. The van der Waals surface area contributed by atoms with Crippen LogP contribution in [0.25, 0.3) is 10.8 Å². The first kappa shape index (κ1) is 20.6. The number of carbonyl (C=O) groups is 1. The van der Waals surface area contributed by atoms with Gasteiger partial charge in [0.1, 0.15) is 5.69 Å². The van der Waals surface area contributed by atoms with E-state index < -0.39 is 11.0 Å². The summed E-state index contributed by atoms with van der Waals surface area (Å²) in [6, 6.07) is 9.44. The first-order chi connectivity index (χ1) is 14.0. The molecule has 3 aromatic rings. The molecule has 2 heterocycles. The molecule has 29 heavy (non-hydrogen) atoms. The van der Waals surface area contributed by atoms with Crippen LogP contribution in [0.4, 0.5) is 11.4 Å². The van der Waals surface area contributed by atoms with E-state index in [1.807, 2.05) is 24.4 Å². The first-order valence-electron chi connectivity index (χ1n) is 9.24. The third-order valence-corrected chi connectivity index (χ3v) is 5.37. The van der Waals surface area contributed by atoms with Gasteiger partial charge in [-0.2, -0.15) is 0 Å². The zero-order chi connectivity index (χ0) is 20.8. The van der Waals surface area contributed by atoms with Gasteiger partial charge in [0, 0.05) is 6.07 Å². The normalized spacial score (nSPS) is 13.0. The van der Waals surface area contributed by atoms with Crippen LogP contribution in [0.3, 0.4) is 0 Å². The average Bonchev–Trinajstić information content (AvgIpc) is 3.39. The molecule has 0 aliphatic heterocycles. The molecule has 0 saturated carbocycles. The minimum Gasteiger partial charge on any atom is -0.414 e. The number of nitrogens with zero attached hydrogens (tertiary/aromatic N) is 3. The van der Waals surface area contributed by atoms with Crippen molar-refractivity contribution in [2.45, 2.75) is 32.9 Å². The molecule has 9 nitrogen and oxygen atoms in total. The number of hydrogen-bond donors (Lipinski definition) is 2. The lowest BCUT2D eigenvalue weighted by Gasteiger charge is -2.23. The molecule has 0 fully saturated rings. The molecule has 2 N–H and O–H groups in total. The van der Waals surface area contributed by atoms with Crippen molar-refractivity contribution >= 4 is 28.6 Å². The fourth-order valence-corrected chi connectivity index (χ4v) is 3.61. The number of para-hydroxylation sites is 2. The monoisotopic (exact) mass is 416 g/mol. The fourth-order valence-electron chi connectivity index (χ4n) is 2.96. The van der Waals surface area contributed by atoms with Crippen molar-refractivity contribution in [2.75, 3.05) is 11.9 Å². The Morgan fingerprint density at radius 1 is 1.31 bits per heavy atom. The highest BCUT2D eigenvalue weighted by Crippen LogP contribution is 2.24. The molecule has 0 spiro atoms. The number of nitro groups is 1. The number of rotatable bonds is 9. The number of thiophene rings is 1. The SMILES string of the molecule is CCC[NH+](Cc1nnc(-c2cccs2)o1)[C@H](C)C(=O)Nc1ccccc1[N+](=O)[O-].